The molecule has 430 valence electrons. The Labute approximate surface area is 536 Å². The van der Waals surface area contributed by atoms with Crippen LogP contribution in [0.25, 0.3) is 44.5 Å². The van der Waals surface area contributed by atoms with Crippen LogP contribution in [0.2, 0.25) is 30.5 Å². The number of halogens is 7. The maximum atomic E-state index is 12.4. The minimum Gasteiger partial charge on any atom is -0.495 e. The number of aryl methyl sites for hydroxylation is 2. The summed E-state index contributed by atoms with van der Waals surface area (Å²) in [6.07, 6.45) is 13.4. The van der Waals surface area contributed by atoms with Gasteiger partial charge in [0, 0.05) is 76.0 Å². The molecule has 1 aliphatic rings. The van der Waals surface area contributed by atoms with Crippen molar-refractivity contribution in [2.45, 2.75) is 34.3 Å². The van der Waals surface area contributed by atoms with Crippen molar-refractivity contribution in [1.29, 1.82) is 0 Å². The number of nitrogens with zero attached hydrogens (tertiary/aromatic N) is 5. The summed E-state index contributed by atoms with van der Waals surface area (Å²) >= 11 is 30.7. The quantitative estimate of drug-likeness (QED) is 0.0990. The number of hydrogen-bond donors (Lipinski definition) is 3. The average Bonchev–Trinajstić information content (AvgIpc) is 4.15. The van der Waals surface area contributed by atoms with Crippen LogP contribution in [0.1, 0.15) is 11.1 Å². The van der Waals surface area contributed by atoms with Crippen LogP contribution in [0.3, 0.4) is 0 Å². The van der Waals surface area contributed by atoms with E-state index in [1.54, 1.807) is 118 Å². The number of pyridine rings is 4. The van der Waals surface area contributed by atoms with Crippen molar-refractivity contribution in [1.82, 2.24) is 29.9 Å². The summed E-state index contributed by atoms with van der Waals surface area (Å²) in [5.41, 5.74) is 9.79. The molecule has 9 heterocycles. The van der Waals surface area contributed by atoms with Crippen molar-refractivity contribution in [3.8, 4) is 39.8 Å². The van der Waals surface area contributed by atoms with Gasteiger partial charge < -0.3 is 52.8 Å². The van der Waals surface area contributed by atoms with Crippen LogP contribution in [-0.2, 0) is 13.7 Å². The number of aromatic nitrogens is 6. The van der Waals surface area contributed by atoms with Crippen molar-refractivity contribution in [3.63, 3.8) is 0 Å². The van der Waals surface area contributed by atoms with Crippen molar-refractivity contribution >= 4 is 185 Å². The highest BCUT2D eigenvalue weighted by Gasteiger charge is 2.31. The van der Waals surface area contributed by atoms with Crippen LogP contribution < -0.4 is 41.9 Å². The van der Waals surface area contributed by atoms with E-state index in [1.807, 2.05) is 46.4 Å². The number of hydrogen-bond acceptors (Lipinski definition) is 20. The number of ether oxygens (including phenoxy) is 3. The molecule has 2 aromatic carbocycles. The fourth-order valence-corrected chi connectivity index (χ4v) is 11.7. The number of nitrogen functional groups attached to an aromatic ring is 1. The Kier molecular flexibility index (Phi) is 25.9. The topological polar surface area (TPSA) is 251 Å². The van der Waals surface area contributed by atoms with Gasteiger partial charge in [-0.1, -0.05) is 47.5 Å². The summed E-state index contributed by atoms with van der Waals surface area (Å²) in [6.45, 7) is 9.44. The van der Waals surface area contributed by atoms with Gasteiger partial charge in [0.2, 0.25) is 5.43 Å². The zero-order valence-corrected chi connectivity index (χ0v) is 56.0. The molecule has 1 aliphatic heterocycles. The fraction of sp³-hybridized carbons (Fsp3) is 0.154. The molecule has 0 bridgehead atoms. The van der Waals surface area contributed by atoms with E-state index in [0.29, 0.717) is 74.4 Å². The van der Waals surface area contributed by atoms with Gasteiger partial charge in [-0.2, -0.15) is 0 Å². The van der Waals surface area contributed by atoms with Crippen LogP contribution >= 0.6 is 126 Å². The van der Waals surface area contributed by atoms with E-state index >= 15 is 0 Å². The molecule has 0 atom stereocenters. The lowest BCUT2D eigenvalue weighted by atomic mass is 9.74. The molecule has 31 heteroatoms. The number of para-hydroxylation sites is 2. The zero-order chi connectivity index (χ0) is 60.5. The third kappa shape index (κ3) is 18.8. The zero-order valence-electron chi connectivity index (χ0n) is 44.9. The van der Waals surface area contributed by atoms with E-state index in [1.165, 1.54) is 22.7 Å². The number of rotatable bonds is 7. The maximum absolute atomic E-state index is 12.4. The lowest BCUT2D eigenvalue weighted by molar-refractivity contribution is 0.294. The predicted octanol–water partition coefficient (Wildman–Crippen LogP) is 15.3. The first-order chi connectivity index (χ1) is 39.6. The third-order valence-corrected chi connectivity index (χ3v) is 15.7. The molecule has 0 saturated carbocycles. The standard InChI is InChI=1S/C19H14ClN3O3S.C12H7ClN2O2S.C7H8BrNO.C6H5Br2NO.C5H3Br2NO.C3H9B3O3/c1-10-7-21-8-14(16(10)25-2)22-19-23-15(9-27-19)12-6-11-4-3-5-13(20)17(11)26-18(12)24;13-8-3-1-2-6-4-7(11(16)17-10(6)8)9-5-18-12(14)15-9;1-5-3-9-4-6(8)7(5)10-2;1-10-6-4(7)2-9-3-5(6)8;6-3-1-8-2-4(7)5(3)9;1-4-7-5(2)9-6(3)8-4/h3-9H,1-2H3,(H,22,23);1-5H,(H2,14,15);3-4H,1-2H3;2-3H,1H3;1-2H,(H,8,9);1-3H3. The molecule has 11 rings (SSSR count). The molecule has 0 spiro atoms. The Balaban J connectivity index is 0.000000171. The number of nitrogens with two attached hydrogens (primary N) is 1. The van der Waals surface area contributed by atoms with Gasteiger partial charge in [-0.05, 0) is 138 Å². The van der Waals surface area contributed by atoms with E-state index in [0.717, 1.165) is 46.8 Å². The molecular weight excluding hydrogens is 1480 g/mol. The minimum atomic E-state index is -0.484. The maximum Gasteiger partial charge on any atom is 0.426 e. The molecule has 4 N–H and O–H groups in total. The molecule has 0 radical (unpaired) electrons. The van der Waals surface area contributed by atoms with Crippen molar-refractivity contribution in [3.05, 3.63) is 183 Å². The minimum absolute atomic E-state index is 0.0336. The number of benzene rings is 2. The second-order valence-electron chi connectivity index (χ2n) is 16.7. The van der Waals surface area contributed by atoms with Gasteiger partial charge in [0.15, 0.2) is 21.4 Å². The van der Waals surface area contributed by atoms with Crippen LogP contribution in [0.4, 0.5) is 16.0 Å². The molecule has 8 aromatic heterocycles. The summed E-state index contributed by atoms with van der Waals surface area (Å²) in [6, 6.07) is 14.1. The second kappa shape index (κ2) is 32.2. The molecule has 1 saturated heterocycles. The van der Waals surface area contributed by atoms with Gasteiger partial charge in [0.05, 0.1) is 82.4 Å². The molecule has 0 unspecified atom stereocenters. The highest BCUT2D eigenvalue weighted by atomic mass is 79.9. The molecule has 1 fully saturated rings. The monoisotopic (exact) mass is 1520 g/mol. The molecule has 10 aromatic rings. The summed E-state index contributed by atoms with van der Waals surface area (Å²) < 4.78 is 45.2. The summed E-state index contributed by atoms with van der Waals surface area (Å²) in [5.74, 6) is 2.33. The van der Waals surface area contributed by atoms with Gasteiger partial charge >= 0.3 is 32.6 Å². The van der Waals surface area contributed by atoms with Gasteiger partial charge in [-0.15, -0.1) is 22.7 Å². The van der Waals surface area contributed by atoms with Crippen LogP contribution in [0, 0.1) is 13.8 Å². The summed E-state index contributed by atoms with van der Waals surface area (Å²) in [4.78, 5) is 58.5. The fourth-order valence-electron chi connectivity index (χ4n) is 7.18. The van der Waals surface area contributed by atoms with Crippen molar-refractivity contribution < 1.29 is 36.8 Å². The first-order valence-corrected chi connectivity index (χ1v) is 30.4. The lowest BCUT2D eigenvalue weighted by Gasteiger charge is -2.25. The van der Waals surface area contributed by atoms with Gasteiger partial charge in [-0.3, -0.25) is 19.7 Å². The van der Waals surface area contributed by atoms with E-state index in [9.17, 15) is 14.4 Å². The second-order valence-corrected chi connectivity index (χ2v) is 23.5. The Hall–Kier alpha value is -5.43. The predicted molar refractivity (Wildman–Crippen MR) is 350 cm³/mol. The van der Waals surface area contributed by atoms with E-state index in [4.69, 9.17) is 65.7 Å². The Morgan fingerprint density at radius 2 is 1.02 bits per heavy atom. The van der Waals surface area contributed by atoms with Crippen molar-refractivity contribution in [2.24, 2.45) is 0 Å². The van der Waals surface area contributed by atoms with E-state index in [-0.39, 0.29) is 26.8 Å². The smallest absolute Gasteiger partial charge is 0.426 e. The number of fused-ring (bicyclic) bond motifs is 2. The van der Waals surface area contributed by atoms with Crippen LogP contribution in [0.5, 0.6) is 17.2 Å². The van der Waals surface area contributed by atoms with Gasteiger partial charge in [0.25, 0.3) is 0 Å². The highest BCUT2D eigenvalue weighted by Crippen LogP contribution is 2.35. The number of methoxy groups -OCH3 is 3. The number of H-pyrrole nitrogens is 1. The number of aromatic amines is 1. The highest BCUT2D eigenvalue weighted by molar-refractivity contribution is 9.11. The molecular formula is C52H46B3Br5Cl2N8O11S2. The number of anilines is 3. The molecule has 0 amide bonds. The van der Waals surface area contributed by atoms with Crippen LogP contribution in [-0.4, -0.2) is 72.6 Å². The number of nitrogens with one attached hydrogen (secondary N) is 2. The third-order valence-electron chi connectivity index (χ3n) is 10.8. The van der Waals surface area contributed by atoms with E-state index < -0.39 is 11.3 Å². The van der Waals surface area contributed by atoms with Crippen LogP contribution in [0.15, 0.2) is 154 Å². The summed E-state index contributed by atoms with van der Waals surface area (Å²) in [5, 5.41) is 10.0. The van der Waals surface area contributed by atoms with Gasteiger partial charge in [-0.25, -0.2) is 19.6 Å². The first kappa shape index (κ1) is 66.7. The SMILES string of the molecule is CB1OB(C)OB(C)O1.COc1c(Br)cncc1Br.COc1c(C)cncc1Br.COc1c(C)cncc1Nc1nc(-c2cc3cccc(Cl)c3oc2=O)cs1.Nc1nc(-c2cc3cccc(Cl)c3oc2=O)cs1.O=c1c(Br)c[nH]cc1Br. The molecule has 83 heavy (non-hydrogen) atoms. The average molecular weight is 1530 g/mol. The molecule has 19 nitrogen and oxygen atoms in total. The summed E-state index contributed by atoms with van der Waals surface area (Å²) in [7, 11) is 4.46. The van der Waals surface area contributed by atoms with Gasteiger partial charge in [0.1, 0.15) is 22.9 Å². The van der Waals surface area contributed by atoms with Crippen molar-refractivity contribution in [2.75, 3.05) is 32.4 Å². The van der Waals surface area contributed by atoms with E-state index in [2.05, 4.69) is 115 Å². The first-order valence-electron chi connectivity index (χ1n) is 24.0. The molecule has 0 aliphatic carbocycles. The Bertz CT molecular complexity index is 3880. The number of thiazole rings is 2. The Morgan fingerprint density at radius 1 is 0.590 bits per heavy atom. The largest absolute Gasteiger partial charge is 0.495 e. The lowest BCUT2D eigenvalue weighted by Crippen LogP contribution is -2.44. The normalized spacial score (nSPS) is 11.5. The Morgan fingerprint density at radius 3 is 1.45 bits per heavy atom.